The standard InChI is InChI=1S/C26H32N2O6/c1-4-27(16-19-6-5-7-22-25(19)34-13-12-33-22)26(30)20-15-24(29)28(17-20)11-10-18-8-9-21(31-2)23(14-18)32-3/h5-9,14,20H,4,10-13,15-17H2,1-3H3. The highest BCUT2D eigenvalue weighted by Gasteiger charge is 2.36. The summed E-state index contributed by atoms with van der Waals surface area (Å²) in [7, 11) is 3.20. The summed E-state index contributed by atoms with van der Waals surface area (Å²) in [5.41, 5.74) is 1.97. The lowest BCUT2D eigenvalue weighted by molar-refractivity contribution is -0.136. The van der Waals surface area contributed by atoms with Gasteiger partial charge in [-0.2, -0.15) is 0 Å². The van der Waals surface area contributed by atoms with Crippen LogP contribution in [0.5, 0.6) is 23.0 Å². The second-order valence-electron chi connectivity index (χ2n) is 8.47. The number of benzene rings is 2. The number of nitrogens with zero attached hydrogens (tertiary/aromatic N) is 2. The predicted molar refractivity (Wildman–Crippen MR) is 126 cm³/mol. The summed E-state index contributed by atoms with van der Waals surface area (Å²) in [6, 6.07) is 11.5. The van der Waals surface area contributed by atoms with Crippen LogP contribution >= 0.6 is 0 Å². The van der Waals surface area contributed by atoms with E-state index in [2.05, 4.69) is 0 Å². The first kappa shape index (κ1) is 23.7. The molecule has 182 valence electrons. The Hall–Kier alpha value is -3.42. The van der Waals surface area contributed by atoms with Gasteiger partial charge in [-0.25, -0.2) is 0 Å². The molecule has 0 radical (unpaired) electrons. The quantitative estimate of drug-likeness (QED) is 0.563. The largest absolute Gasteiger partial charge is 0.493 e. The summed E-state index contributed by atoms with van der Waals surface area (Å²) in [6.45, 7) is 4.95. The van der Waals surface area contributed by atoms with E-state index in [1.54, 1.807) is 24.0 Å². The van der Waals surface area contributed by atoms with Gasteiger partial charge in [0, 0.05) is 38.2 Å². The van der Waals surface area contributed by atoms with Crippen molar-refractivity contribution in [2.75, 3.05) is 47.1 Å². The second kappa shape index (κ2) is 10.7. The summed E-state index contributed by atoms with van der Waals surface area (Å²) in [6.07, 6.45) is 0.922. The molecule has 2 amide bonds. The van der Waals surface area contributed by atoms with Gasteiger partial charge in [0.2, 0.25) is 11.8 Å². The maximum absolute atomic E-state index is 13.3. The molecular weight excluding hydrogens is 436 g/mol. The molecule has 8 heteroatoms. The van der Waals surface area contributed by atoms with Crippen LogP contribution in [-0.4, -0.2) is 68.7 Å². The molecule has 1 atom stereocenters. The first-order chi connectivity index (χ1) is 16.5. The van der Waals surface area contributed by atoms with Gasteiger partial charge < -0.3 is 28.7 Å². The number of amides is 2. The number of hydrogen-bond donors (Lipinski definition) is 0. The summed E-state index contributed by atoms with van der Waals surface area (Å²) in [5.74, 6) is 2.43. The Balaban J connectivity index is 1.37. The number of para-hydroxylation sites is 1. The monoisotopic (exact) mass is 468 g/mol. The van der Waals surface area contributed by atoms with Crippen LogP contribution in [0.2, 0.25) is 0 Å². The number of ether oxygens (including phenoxy) is 4. The second-order valence-corrected chi connectivity index (χ2v) is 8.47. The third-order valence-corrected chi connectivity index (χ3v) is 6.38. The van der Waals surface area contributed by atoms with Gasteiger partial charge >= 0.3 is 0 Å². The van der Waals surface area contributed by atoms with Gasteiger partial charge in [0.1, 0.15) is 13.2 Å². The lowest BCUT2D eigenvalue weighted by atomic mass is 10.1. The van der Waals surface area contributed by atoms with E-state index in [1.807, 2.05) is 43.3 Å². The molecule has 0 saturated carbocycles. The van der Waals surface area contributed by atoms with E-state index < -0.39 is 0 Å². The molecule has 1 unspecified atom stereocenters. The van der Waals surface area contributed by atoms with Crippen LogP contribution in [0.15, 0.2) is 36.4 Å². The van der Waals surface area contributed by atoms with E-state index in [1.165, 1.54) is 0 Å². The molecule has 4 rings (SSSR count). The van der Waals surface area contributed by atoms with E-state index in [-0.39, 0.29) is 24.2 Å². The number of fused-ring (bicyclic) bond motifs is 1. The molecule has 2 aliphatic rings. The van der Waals surface area contributed by atoms with Crippen LogP contribution in [0.4, 0.5) is 0 Å². The van der Waals surface area contributed by atoms with E-state index >= 15 is 0 Å². The van der Waals surface area contributed by atoms with Crippen molar-refractivity contribution in [2.45, 2.75) is 26.3 Å². The highest BCUT2D eigenvalue weighted by molar-refractivity contribution is 5.89. The zero-order chi connectivity index (χ0) is 24.1. The molecule has 2 heterocycles. The average molecular weight is 469 g/mol. The topological polar surface area (TPSA) is 77.5 Å². The highest BCUT2D eigenvalue weighted by atomic mass is 16.6. The molecule has 0 aromatic heterocycles. The Bertz CT molecular complexity index is 1040. The normalized spacial score (nSPS) is 17.0. The lowest BCUT2D eigenvalue weighted by Gasteiger charge is -2.27. The molecule has 0 bridgehead atoms. The SMILES string of the molecule is CCN(Cc1cccc2c1OCCO2)C(=O)C1CC(=O)N(CCc2ccc(OC)c(OC)c2)C1. The summed E-state index contributed by atoms with van der Waals surface area (Å²) in [5, 5.41) is 0. The van der Waals surface area contributed by atoms with Crippen molar-refractivity contribution in [3.05, 3.63) is 47.5 Å². The average Bonchev–Trinajstić information content (AvgIpc) is 3.25. The van der Waals surface area contributed by atoms with Gasteiger partial charge in [0.15, 0.2) is 23.0 Å². The molecule has 2 aromatic rings. The maximum Gasteiger partial charge on any atom is 0.228 e. The van der Waals surface area contributed by atoms with Crippen molar-refractivity contribution in [3.8, 4) is 23.0 Å². The summed E-state index contributed by atoms with van der Waals surface area (Å²) in [4.78, 5) is 29.6. The Kier molecular flexibility index (Phi) is 7.45. The minimum absolute atomic E-state index is 0.00111. The fraction of sp³-hybridized carbons (Fsp3) is 0.462. The number of likely N-dealkylation sites (tertiary alicyclic amines) is 1. The molecule has 0 spiro atoms. The number of carbonyl (C=O) groups excluding carboxylic acids is 2. The molecule has 2 aromatic carbocycles. The molecule has 1 saturated heterocycles. The lowest BCUT2D eigenvalue weighted by Crippen LogP contribution is -2.37. The van der Waals surface area contributed by atoms with Gasteiger partial charge in [-0.3, -0.25) is 9.59 Å². The Labute approximate surface area is 200 Å². The van der Waals surface area contributed by atoms with Crippen LogP contribution in [0.25, 0.3) is 0 Å². The van der Waals surface area contributed by atoms with Crippen molar-refractivity contribution in [1.29, 1.82) is 0 Å². The first-order valence-corrected chi connectivity index (χ1v) is 11.7. The zero-order valence-corrected chi connectivity index (χ0v) is 20.0. The van der Waals surface area contributed by atoms with Crippen molar-refractivity contribution in [3.63, 3.8) is 0 Å². The van der Waals surface area contributed by atoms with E-state index in [0.29, 0.717) is 68.8 Å². The van der Waals surface area contributed by atoms with E-state index in [9.17, 15) is 9.59 Å². The number of hydrogen-bond acceptors (Lipinski definition) is 6. The molecule has 0 aliphatic carbocycles. The van der Waals surface area contributed by atoms with E-state index in [4.69, 9.17) is 18.9 Å². The van der Waals surface area contributed by atoms with E-state index in [0.717, 1.165) is 11.1 Å². The minimum atomic E-state index is -0.338. The van der Waals surface area contributed by atoms with Crippen molar-refractivity contribution in [1.82, 2.24) is 9.80 Å². The Morgan fingerprint density at radius 2 is 1.91 bits per heavy atom. The van der Waals surface area contributed by atoms with Crippen LogP contribution in [0, 0.1) is 5.92 Å². The fourth-order valence-electron chi connectivity index (χ4n) is 4.52. The fourth-order valence-corrected chi connectivity index (χ4v) is 4.52. The highest BCUT2D eigenvalue weighted by Crippen LogP contribution is 2.35. The van der Waals surface area contributed by atoms with Gasteiger partial charge in [0.05, 0.1) is 20.1 Å². The number of rotatable bonds is 9. The van der Waals surface area contributed by atoms with Crippen LogP contribution in [0.3, 0.4) is 0 Å². The minimum Gasteiger partial charge on any atom is -0.493 e. The van der Waals surface area contributed by atoms with Crippen molar-refractivity contribution < 1.29 is 28.5 Å². The van der Waals surface area contributed by atoms with Gasteiger partial charge in [-0.05, 0) is 37.1 Å². The third-order valence-electron chi connectivity index (χ3n) is 6.38. The van der Waals surface area contributed by atoms with Crippen molar-refractivity contribution in [2.24, 2.45) is 5.92 Å². The van der Waals surface area contributed by atoms with Gasteiger partial charge in [-0.15, -0.1) is 0 Å². The van der Waals surface area contributed by atoms with Gasteiger partial charge in [-0.1, -0.05) is 18.2 Å². The molecule has 0 N–H and O–H groups in total. The van der Waals surface area contributed by atoms with Crippen LogP contribution in [0.1, 0.15) is 24.5 Å². The Morgan fingerprint density at radius 1 is 1.12 bits per heavy atom. The Morgan fingerprint density at radius 3 is 2.68 bits per heavy atom. The van der Waals surface area contributed by atoms with Crippen molar-refractivity contribution >= 4 is 11.8 Å². The smallest absolute Gasteiger partial charge is 0.228 e. The molecule has 8 nitrogen and oxygen atoms in total. The molecular formula is C26H32N2O6. The zero-order valence-electron chi connectivity index (χ0n) is 20.0. The first-order valence-electron chi connectivity index (χ1n) is 11.7. The maximum atomic E-state index is 13.3. The number of carbonyl (C=O) groups is 2. The molecule has 1 fully saturated rings. The summed E-state index contributed by atoms with van der Waals surface area (Å²) >= 11 is 0. The van der Waals surface area contributed by atoms with Gasteiger partial charge in [0.25, 0.3) is 0 Å². The predicted octanol–water partition coefficient (Wildman–Crippen LogP) is 2.91. The molecule has 2 aliphatic heterocycles. The number of methoxy groups -OCH3 is 2. The van der Waals surface area contributed by atoms with Crippen LogP contribution < -0.4 is 18.9 Å². The van der Waals surface area contributed by atoms with Crippen LogP contribution in [-0.2, 0) is 22.6 Å². The molecule has 34 heavy (non-hydrogen) atoms. The third kappa shape index (κ3) is 5.05. The summed E-state index contributed by atoms with van der Waals surface area (Å²) < 4.78 is 22.1.